The van der Waals surface area contributed by atoms with Gasteiger partial charge in [0.15, 0.2) is 0 Å². The minimum absolute atomic E-state index is 0.00712. The summed E-state index contributed by atoms with van der Waals surface area (Å²) >= 11 is 0. The standard InChI is InChI=1S/C63H63N/c1-60(2,3)42-35-43(61(4,5)6)37-48(36-42)64(47-28-29-53-51-18-12-14-23-57(51)63(58(53)38-47)44-31-39-30-40(33-44)34-45(63)32-39)46-26-24-41(25-27-46)49-16-9-10-17-50(49)54-20-15-21-55-52-19-11-13-22-56(52)62(7,8)59(54)55/h9-29,35-40,44-45H,30-34H2,1-8H3. The maximum atomic E-state index is 2.66. The Labute approximate surface area is 382 Å². The molecule has 0 N–H and O–H groups in total. The minimum atomic E-state index is -0.0973. The van der Waals surface area contributed by atoms with Gasteiger partial charge in [-0.15, -0.1) is 0 Å². The normalized spacial score (nSPS) is 23.2. The summed E-state index contributed by atoms with van der Waals surface area (Å²) in [6, 6.07) is 59.1. The van der Waals surface area contributed by atoms with Crippen LogP contribution < -0.4 is 4.90 Å². The molecule has 1 nitrogen and oxygen atoms in total. The molecule has 64 heavy (non-hydrogen) atoms. The van der Waals surface area contributed by atoms with Gasteiger partial charge in [0, 0.05) is 27.9 Å². The Morgan fingerprint density at radius 1 is 0.406 bits per heavy atom. The van der Waals surface area contributed by atoms with Gasteiger partial charge in [0.25, 0.3) is 0 Å². The van der Waals surface area contributed by atoms with Crippen LogP contribution in [0.15, 0.2) is 152 Å². The average Bonchev–Trinajstić information content (AvgIpc) is 3.70. The van der Waals surface area contributed by atoms with E-state index in [1.807, 2.05) is 0 Å². The molecule has 1 heteroatoms. The van der Waals surface area contributed by atoms with Crippen LogP contribution in [0.1, 0.15) is 121 Å². The molecule has 0 heterocycles. The van der Waals surface area contributed by atoms with E-state index in [-0.39, 0.29) is 21.7 Å². The minimum Gasteiger partial charge on any atom is -0.310 e. The highest BCUT2D eigenvalue weighted by atomic mass is 15.1. The van der Waals surface area contributed by atoms with Crippen LogP contribution in [-0.2, 0) is 21.7 Å². The maximum Gasteiger partial charge on any atom is 0.0467 e. The Bertz CT molecular complexity index is 2940. The lowest BCUT2D eigenvalue weighted by atomic mass is 9.43. The molecular formula is C63H63N. The lowest BCUT2D eigenvalue weighted by Crippen LogP contribution is -2.55. The van der Waals surface area contributed by atoms with Crippen molar-refractivity contribution in [2.24, 2.45) is 23.7 Å². The molecule has 0 aliphatic heterocycles. The van der Waals surface area contributed by atoms with Crippen LogP contribution in [0.5, 0.6) is 0 Å². The Hall–Kier alpha value is -5.66. The van der Waals surface area contributed by atoms with Crippen LogP contribution in [0, 0.1) is 23.7 Å². The Morgan fingerprint density at radius 3 is 1.50 bits per heavy atom. The summed E-state index contributed by atoms with van der Waals surface area (Å²) in [4.78, 5) is 2.59. The topological polar surface area (TPSA) is 3.24 Å². The van der Waals surface area contributed by atoms with Crippen molar-refractivity contribution in [1.82, 2.24) is 0 Å². The summed E-state index contributed by atoms with van der Waals surface area (Å²) in [7, 11) is 0. The summed E-state index contributed by atoms with van der Waals surface area (Å²) in [5.74, 6) is 3.26. The monoisotopic (exact) mass is 833 g/mol. The molecule has 0 amide bonds. The maximum absolute atomic E-state index is 2.66. The predicted octanol–water partition coefficient (Wildman–Crippen LogP) is 17.1. The summed E-state index contributed by atoms with van der Waals surface area (Å²) in [5.41, 5.74) is 23.3. The van der Waals surface area contributed by atoms with E-state index >= 15 is 0 Å². The zero-order valence-electron chi connectivity index (χ0n) is 39.2. The third kappa shape index (κ3) is 5.81. The van der Waals surface area contributed by atoms with Gasteiger partial charge in [-0.2, -0.15) is 0 Å². The van der Waals surface area contributed by atoms with Gasteiger partial charge < -0.3 is 4.90 Å². The summed E-state index contributed by atoms with van der Waals surface area (Å²) < 4.78 is 0. The van der Waals surface area contributed by atoms with Crippen molar-refractivity contribution >= 4 is 17.1 Å². The SMILES string of the molecule is CC(C)(C)c1cc(N(c2ccc(-c3ccccc3-c3cccc4c3C(C)(C)c3ccccc3-4)cc2)c2ccc3c(c2)C2(c4ccccc4-3)C3CC4CC(C3)CC2C4)cc(C(C)(C)C)c1. The van der Waals surface area contributed by atoms with Crippen molar-refractivity contribution < 1.29 is 0 Å². The van der Waals surface area contributed by atoms with E-state index in [2.05, 4.69) is 212 Å². The molecule has 4 saturated carbocycles. The van der Waals surface area contributed by atoms with Crippen molar-refractivity contribution in [2.75, 3.05) is 4.90 Å². The van der Waals surface area contributed by atoms with E-state index in [0.29, 0.717) is 0 Å². The lowest BCUT2D eigenvalue weighted by molar-refractivity contribution is -0.0399. The fourth-order valence-electron chi connectivity index (χ4n) is 14.2. The summed E-state index contributed by atoms with van der Waals surface area (Å²) in [6.07, 6.45) is 7.01. The number of benzene rings is 7. The highest BCUT2D eigenvalue weighted by Crippen LogP contribution is 2.69. The van der Waals surface area contributed by atoms with E-state index in [1.165, 1.54) is 116 Å². The Morgan fingerprint density at radius 2 is 0.891 bits per heavy atom. The molecule has 0 saturated heterocycles. The van der Waals surface area contributed by atoms with E-state index in [0.717, 1.165) is 23.7 Å². The van der Waals surface area contributed by atoms with E-state index < -0.39 is 0 Å². The van der Waals surface area contributed by atoms with Crippen molar-refractivity contribution in [1.29, 1.82) is 0 Å². The number of hydrogen-bond acceptors (Lipinski definition) is 1. The highest BCUT2D eigenvalue weighted by molar-refractivity contribution is 5.93. The molecule has 7 aromatic carbocycles. The zero-order valence-corrected chi connectivity index (χ0v) is 39.2. The molecule has 0 atom stereocenters. The third-order valence-corrected chi connectivity index (χ3v) is 16.9. The van der Waals surface area contributed by atoms with Crippen LogP contribution >= 0.6 is 0 Å². The van der Waals surface area contributed by atoms with Crippen LogP contribution in [0.25, 0.3) is 44.5 Å². The molecular weight excluding hydrogens is 771 g/mol. The molecule has 0 unspecified atom stereocenters. The fraction of sp³-hybridized carbons (Fsp3) is 0.333. The molecule has 0 radical (unpaired) electrons. The summed E-state index contributed by atoms with van der Waals surface area (Å²) in [5, 5.41) is 0. The molecule has 4 bridgehead atoms. The van der Waals surface area contributed by atoms with Gasteiger partial charge in [0.2, 0.25) is 0 Å². The first kappa shape index (κ1) is 39.9. The first-order chi connectivity index (χ1) is 30.7. The van der Waals surface area contributed by atoms with Crippen LogP contribution in [0.2, 0.25) is 0 Å². The van der Waals surface area contributed by atoms with Gasteiger partial charge in [-0.3, -0.25) is 0 Å². The first-order valence-corrected chi connectivity index (χ1v) is 24.3. The molecule has 320 valence electrons. The molecule has 7 aromatic rings. The van der Waals surface area contributed by atoms with E-state index in [1.54, 1.807) is 11.1 Å². The van der Waals surface area contributed by atoms with Gasteiger partial charge in [0.1, 0.15) is 0 Å². The van der Waals surface area contributed by atoms with Crippen LogP contribution in [-0.4, -0.2) is 0 Å². The molecule has 6 aliphatic rings. The van der Waals surface area contributed by atoms with Crippen molar-refractivity contribution in [2.45, 2.75) is 109 Å². The second kappa shape index (κ2) is 13.9. The van der Waals surface area contributed by atoms with Crippen LogP contribution in [0.4, 0.5) is 17.1 Å². The summed E-state index contributed by atoms with van der Waals surface area (Å²) in [6.45, 7) is 19.0. The van der Waals surface area contributed by atoms with Crippen molar-refractivity contribution in [3.63, 3.8) is 0 Å². The van der Waals surface area contributed by atoms with Crippen molar-refractivity contribution in [3.8, 4) is 44.5 Å². The number of nitrogens with zero attached hydrogens (tertiary/aromatic N) is 1. The highest BCUT2D eigenvalue weighted by Gasteiger charge is 2.61. The molecule has 0 aromatic heterocycles. The number of rotatable bonds is 5. The molecule has 6 aliphatic carbocycles. The average molecular weight is 834 g/mol. The molecule has 4 fully saturated rings. The Balaban J connectivity index is 1.02. The molecule has 1 spiro atoms. The Kier molecular flexibility index (Phi) is 8.68. The van der Waals surface area contributed by atoms with Gasteiger partial charge in [-0.25, -0.2) is 0 Å². The second-order valence-electron chi connectivity index (χ2n) is 23.0. The van der Waals surface area contributed by atoms with Gasteiger partial charge >= 0.3 is 0 Å². The smallest absolute Gasteiger partial charge is 0.0467 e. The predicted molar refractivity (Wildman–Crippen MR) is 270 cm³/mol. The van der Waals surface area contributed by atoms with E-state index in [4.69, 9.17) is 0 Å². The number of fused-ring (bicyclic) bond motifs is 6. The fourth-order valence-corrected chi connectivity index (χ4v) is 14.2. The van der Waals surface area contributed by atoms with Gasteiger partial charge in [0.05, 0.1) is 0 Å². The largest absolute Gasteiger partial charge is 0.310 e. The zero-order chi connectivity index (χ0) is 43.9. The quantitative estimate of drug-likeness (QED) is 0.167. The third-order valence-electron chi connectivity index (χ3n) is 16.9. The first-order valence-electron chi connectivity index (χ1n) is 24.3. The van der Waals surface area contributed by atoms with Gasteiger partial charge in [-0.05, 0) is 181 Å². The molecule has 13 rings (SSSR count). The van der Waals surface area contributed by atoms with Gasteiger partial charge in [-0.1, -0.05) is 171 Å². The van der Waals surface area contributed by atoms with Crippen molar-refractivity contribution in [3.05, 3.63) is 185 Å². The number of hydrogen-bond donors (Lipinski definition) is 0. The second-order valence-corrected chi connectivity index (χ2v) is 23.0. The lowest BCUT2D eigenvalue weighted by Gasteiger charge is -2.61. The van der Waals surface area contributed by atoms with E-state index in [9.17, 15) is 0 Å². The van der Waals surface area contributed by atoms with Crippen LogP contribution in [0.3, 0.4) is 0 Å². The number of anilines is 3.